The Morgan fingerprint density at radius 1 is 1.32 bits per heavy atom. The topological polar surface area (TPSA) is 82.4 Å². The number of carbonyl (C=O) groups excluding carboxylic acids is 2. The molecule has 0 bridgehead atoms. The van der Waals surface area contributed by atoms with Crippen molar-refractivity contribution < 1.29 is 14.3 Å². The third-order valence-electron chi connectivity index (χ3n) is 3.65. The Bertz CT molecular complexity index is 582. The normalized spacial score (nSPS) is 20.8. The monoisotopic (exact) mass is 301 g/mol. The quantitative estimate of drug-likeness (QED) is 0.615. The first-order chi connectivity index (χ1) is 10.6. The molecule has 3 amide bonds. The number of nitriles is 1. The van der Waals surface area contributed by atoms with Gasteiger partial charge < -0.3 is 10.1 Å². The third kappa shape index (κ3) is 3.62. The summed E-state index contributed by atoms with van der Waals surface area (Å²) in [5.41, 5.74) is 0.105. The summed E-state index contributed by atoms with van der Waals surface area (Å²) in [6.07, 6.45) is 0.535. The predicted octanol–water partition coefficient (Wildman–Crippen LogP) is 1.82. The standard InChI is InChI=1S/C16H19N3O3/c1-16(8-11-22-12-13-6-3-2-4-7-13)14(20)19(10-5-9-17)15(21)18-16/h2-4,6-7H,5,8,10-12H2,1H3,(H,18,21)/t16-/m1/s1. The number of imide groups is 1. The molecule has 116 valence electrons. The zero-order valence-corrected chi connectivity index (χ0v) is 12.5. The second-order valence-corrected chi connectivity index (χ2v) is 5.42. The van der Waals surface area contributed by atoms with Crippen LogP contribution in [0.15, 0.2) is 30.3 Å². The number of nitrogens with zero attached hydrogens (tertiary/aromatic N) is 2. The summed E-state index contributed by atoms with van der Waals surface area (Å²) in [6.45, 7) is 2.65. The Morgan fingerprint density at radius 2 is 2.05 bits per heavy atom. The lowest BCUT2D eigenvalue weighted by molar-refractivity contribution is -0.131. The molecular weight excluding hydrogens is 282 g/mol. The van der Waals surface area contributed by atoms with Crippen LogP contribution < -0.4 is 5.32 Å². The lowest BCUT2D eigenvalue weighted by Crippen LogP contribution is -2.44. The van der Waals surface area contributed by atoms with Crippen LogP contribution >= 0.6 is 0 Å². The van der Waals surface area contributed by atoms with E-state index in [4.69, 9.17) is 10.00 Å². The van der Waals surface area contributed by atoms with Gasteiger partial charge in [-0.1, -0.05) is 30.3 Å². The van der Waals surface area contributed by atoms with Crippen molar-refractivity contribution in [2.24, 2.45) is 0 Å². The minimum absolute atomic E-state index is 0.127. The van der Waals surface area contributed by atoms with E-state index in [0.717, 1.165) is 10.5 Å². The van der Waals surface area contributed by atoms with Gasteiger partial charge in [0.2, 0.25) is 0 Å². The second kappa shape index (κ2) is 7.05. The number of rotatable bonds is 7. The van der Waals surface area contributed by atoms with Crippen LogP contribution in [0.1, 0.15) is 25.3 Å². The van der Waals surface area contributed by atoms with Gasteiger partial charge in [-0.15, -0.1) is 0 Å². The minimum Gasteiger partial charge on any atom is -0.377 e. The average Bonchev–Trinajstić information content (AvgIpc) is 2.73. The smallest absolute Gasteiger partial charge is 0.325 e. The first kappa shape index (κ1) is 16.0. The Balaban J connectivity index is 1.83. The highest BCUT2D eigenvalue weighted by Gasteiger charge is 2.47. The van der Waals surface area contributed by atoms with E-state index < -0.39 is 11.6 Å². The lowest BCUT2D eigenvalue weighted by atomic mass is 9.98. The molecule has 1 fully saturated rings. The van der Waals surface area contributed by atoms with Crippen LogP contribution in [0.2, 0.25) is 0 Å². The summed E-state index contributed by atoms with van der Waals surface area (Å²) in [4.78, 5) is 25.2. The van der Waals surface area contributed by atoms with Gasteiger partial charge in [0.25, 0.3) is 5.91 Å². The predicted molar refractivity (Wildman–Crippen MR) is 79.6 cm³/mol. The first-order valence-electron chi connectivity index (χ1n) is 7.19. The van der Waals surface area contributed by atoms with Crippen molar-refractivity contribution in [3.05, 3.63) is 35.9 Å². The highest BCUT2D eigenvalue weighted by atomic mass is 16.5. The van der Waals surface area contributed by atoms with Gasteiger partial charge >= 0.3 is 6.03 Å². The van der Waals surface area contributed by atoms with Crippen LogP contribution in [-0.4, -0.2) is 35.5 Å². The number of nitrogens with one attached hydrogen (secondary N) is 1. The van der Waals surface area contributed by atoms with Gasteiger partial charge in [0, 0.05) is 19.6 Å². The molecule has 1 aliphatic heterocycles. The van der Waals surface area contributed by atoms with Crippen molar-refractivity contribution in [1.29, 1.82) is 5.26 Å². The van der Waals surface area contributed by atoms with Crippen LogP contribution in [0.4, 0.5) is 4.79 Å². The van der Waals surface area contributed by atoms with Gasteiger partial charge in [0.1, 0.15) is 5.54 Å². The maximum Gasteiger partial charge on any atom is 0.325 e. The molecule has 1 N–H and O–H groups in total. The summed E-state index contributed by atoms with van der Waals surface area (Å²) in [6, 6.07) is 11.2. The van der Waals surface area contributed by atoms with E-state index in [1.807, 2.05) is 36.4 Å². The fraction of sp³-hybridized carbons (Fsp3) is 0.438. The Morgan fingerprint density at radius 3 is 2.73 bits per heavy atom. The van der Waals surface area contributed by atoms with Gasteiger partial charge in [-0.3, -0.25) is 9.69 Å². The van der Waals surface area contributed by atoms with Gasteiger partial charge in [-0.05, 0) is 12.5 Å². The number of urea groups is 1. The summed E-state index contributed by atoms with van der Waals surface area (Å²) >= 11 is 0. The summed E-state index contributed by atoms with van der Waals surface area (Å²) in [7, 11) is 0. The summed E-state index contributed by atoms with van der Waals surface area (Å²) < 4.78 is 5.57. The van der Waals surface area contributed by atoms with Crippen molar-refractivity contribution in [1.82, 2.24) is 10.2 Å². The molecule has 0 aliphatic carbocycles. The van der Waals surface area contributed by atoms with Crippen molar-refractivity contribution in [3.63, 3.8) is 0 Å². The molecule has 0 aromatic heterocycles. The molecule has 1 aromatic carbocycles. The maximum atomic E-state index is 12.3. The molecule has 0 spiro atoms. The number of benzene rings is 1. The largest absolute Gasteiger partial charge is 0.377 e. The van der Waals surface area contributed by atoms with Crippen LogP contribution in [0, 0.1) is 11.3 Å². The van der Waals surface area contributed by atoms with Crippen molar-refractivity contribution in [3.8, 4) is 6.07 Å². The molecule has 6 nitrogen and oxygen atoms in total. The zero-order chi connectivity index (χ0) is 16.0. The molecule has 6 heteroatoms. The van der Waals surface area contributed by atoms with Gasteiger partial charge in [-0.25, -0.2) is 4.79 Å². The molecule has 0 radical (unpaired) electrons. The summed E-state index contributed by atoms with van der Waals surface area (Å²) in [5, 5.41) is 11.3. The minimum atomic E-state index is -0.955. The lowest BCUT2D eigenvalue weighted by Gasteiger charge is -2.21. The van der Waals surface area contributed by atoms with Gasteiger partial charge in [0.05, 0.1) is 19.1 Å². The number of hydrogen-bond acceptors (Lipinski definition) is 4. The van der Waals surface area contributed by atoms with Crippen LogP contribution in [0.5, 0.6) is 0 Å². The Kier molecular flexibility index (Phi) is 5.12. The number of hydrogen-bond donors (Lipinski definition) is 1. The van der Waals surface area contributed by atoms with E-state index >= 15 is 0 Å². The maximum absolute atomic E-state index is 12.3. The molecule has 22 heavy (non-hydrogen) atoms. The highest BCUT2D eigenvalue weighted by molar-refractivity contribution is 6.06. The number of amides is 3. The van der Waals surface area contributed by atoms with Gasteiger partial charge in [0.15, 0.2) is 0 Å². The van der Waals surface area contributed by atoms with Crippen molar-refractivity contribution in [2.75, 3.05) is 13.2 Å². The fourth-order valence-corrected chi connectivity index (χ4v) is 2.32. The van der Waals surface area contributed by atoms with E-state index in [2.05, 4.69) is 5.32 Å². The van der Waals surface area contributed by atoms with Crippen molar-refractivity contribution >= 4 is 11.9 Å². The van der Waals surface area contributed by atoms with E-state index in [1.54, 1.807) is 6.92 Å². The van der Waals surface area contributed by atoms with E-state index in [-0.39, 0.29) is 18.9 Å². The van der Waals surface area contributed by atoms with Crippen LogP contribution in [0.25, 0.3) is 0 Å². The molecule has 1 atom stereocenters. The number of ether oxygens (including phenoxy) is 1. The highest BCUT2D eigenvalue weighted by Crippen LogP contribution is 2.21. The third-order valence-corrected chi connectivity index (χ3v) is 3.65. The Hall–Kier alpha value is -2.39. The fourth-order valence-electron chi connectivity index (χ4n) is 2.32. The molecular formula is C16H19N3O3. The van der Waals surface area contributed by atoms with Crippen LogP contribution in [-0.2, 0) is 16.1 Å². The Labute approximate surface area is 129 Å². The zero-order valence-electron chi connectivity index (χ0n) is 12.5. The first-order valence-corrected chi connectivity index (χ1v) is 7.19. The molecule has 1 saturated heterocycles. The van der Waals surface area contributed by atoms with E-state index in [0.29, 0.717) is 19.6 Å². The molecule has 1 heterocycles. The molecule has 0 unspecified atom stereocenters. The van der Waals surface area contributed by atoms with E-state index in [1.165, 1.54) is 0 Å². The summed E-state index contributed by atoms with van der Waals surface area (Å²) in [5.74, 6) is -0.295. The van der Waals surface area contributed by atoms with Gasteiger partial charge in [-0.2, -0.15) is 5.26 Å². The van der Waals surface area contributed by atoms with Crippen molar-refractivity contribution in [2.45, 2.75) is 31.9 Å². The van der Waals surface area contributed by atoms with E-state index in [9.17, 15) is 9.59 Å². The molecule has 1 aliphatic rings. The molecule has 0 saturated carbocycles. The molecule has 2 rings (SSSR count). The number of carbonyl (C=O) groups is 2. The van der Waals surface area contributed by atoms with Crippen LogP contribution in [0.3, 0.4) is 0 Å². The average molecular weight is 301 g/mol. The SMILES string of the molecule is C[C@]1(CCOCc2ccccc2)NC(=O)N(CCC#N)C1=O. The molecule has 1 aromatic rings. The second-order valence-electron chi connectivity index (χ2n) is 5.42.